The number of rotatable bonds is 9. The normalized spacial score (nSPS) is 13.0. The molecule has 2 aromatic rings. The molecule has 0 saturated carbocycles. The molecule has 0 fully saturated rings. The Balaban J connectivity index is 2.09. The van der Waals surface area contributed by atoms with Crippen LogP contribution in [0, 0.1) is 12.8 Å². The fraction of sp³-hybridized carbons (Fsp3) is 0.500. The Morgan fingerprint density at radius 2 is 1.96 bits per heavy atom. The summed E-state index contributed by atoms with van der Waals surface area (Å²) in [5, 5.41) is 12.0. The van der Waals surface area contributed by atoms with Gasteiger partial charge in [0.25, 0.3) is 0 Å². The van der Waals surface area contributed by atoms with Gasteiger partial charge in [0.05, 0.1) is 12.9 Å². The molecule has 0 aliphatic rings. The molecular weight excluding hydrogens is 376 g/mol. The summed E-state index contributed by atoms with van der Waals surface area (Å²) < 4.78 is 6.80. The summed E-state index contributed by atoms with van der Waals surface area (Å²) in [6, 6.07) is 7.36. The number of hydrogen-bond acceptors (Lipinski definition) is 6. The number of carbonyl (C=O) groups is 2. The monoisotopic (exact) mass is 404 g/mol. The van der Waals surface area contributed by atoms with Gasteiger partial charge in [0.15, 0.2) is 11.0 Å². The van der Waals surface area contributed by atoms with Gasteiger partial charge < -0.3 is 14.6 Å². The highest BCUT2D eigenvalue weighted by atomic mass is 32.2. The van der Waals surface area contributed by atoms with Crippen molar-refractivity contribution in [3.05, 3.63) is 29.8 Å². The number of hydrogen-bond donors (Lipinski definition) is 1. The Morgan fingerprint density at radius 3 is 2.57 bits per heavy atom. The lowest BCUT2D eigenvalue weighted by atomic mass is 9.99. The highest BCUT2D eigenvalue weighted by molar-refractivity contribution is 7.99. The van der Waals surface area contributed by atoms with Crippen molar-refractivity contribution in [3.8, 4) is 11.4 Å². The molecule has 1 heterocycles. The van der Waals surface area contributed by atoms with Gasteiger partial charge in [0, 0.05) is 12.1 Å². The van der Waals surface area contributed by atoms with Crippen molar-refractivity contribution >= 4 is 23.6 Å². The number of benzene rings is 1. The van der Waals surface area contributed by atoms with Gasteiger partial charge in [-0.1, -0.05) is 56.3 Å². The lowest BCUT2D eigenvalue weighted by molar-refractivity contribution is -0.146. The second-order valence-electron chi connectivity index (χ2n) is 6.61. The van der Waals surface area contributed by atoms with Crippen molar-refractivity contribution in [2.24, 2.45) is 5.92 Å². The van der Waals surface area contributed by atoms with Crippen LogP contribution in [0.15, 0.2) is 29.4 Å². The molecule has 0 spiro atoms. The van der Waals surface area contributed by atoms with Crippen molar-refractivity contribution in [3.63, 3.8) is 0 Å². The zero-order chi connectivity index (χ0) is 20.7. The second-order valence-corrected chi connectivity index (χ2v) is 7.55. The van der Waals surface area contributed by atoms with Crippen LogP contribution in [0.5, 0.6) is 0 Å². The van der Waals surface area contributed by atoms with E-state index in [1.807, 2.05) is 56.5 Å². The number of thioether (sulfide) groups is 1. The van der Waals surface area contributed by atoms with Crippen molar-refractivity contribution < 1.29 is 14.3 Å². The molecule has 7 nitrogen and oxygen atoms in total. The van der Waals surface area contributed by atoms with E-state index in [-0.39, 0.29) is 17.6 Å². The van der Waals surface area contributed by atoms with E-state index >= 15 is 0 Å². The molecule has 0 radical (unpaired) electrons. The Labute approximate surface area is 170 Å². The molecule has 0 aliphatic heterocycles. The smallest absolute Gasteiger partial charge is 0.328 e. The third-order valence-electron chi connectivity index (χ3n) is 4.74. The summed E-state index contributed by atoms with van der Waals surface area (Å²) >= 11 is 1.31. The topological polar surface area (TPSA) is 86.1 Å². The highest BCUT2D eigenvalue weighted by Gasteiger charge is 2.27. The molecule has 0 aliphatic carbocycles. The van der Waals surface area contributed by atoms with E-state index in [0.29, 0.717) is 11.7 Å². The number of esters is 1. The van der Waals surface area contributed by atoms with Gasteiger partial charge >= 0.3 is 5.97 Å². The molecule has 2 rings (SSSR count). The van der Waals surface area contributed by atoms with Gasteiger partial charge in [-0.15, -0.1) is 10.2 Å². The first kappa shape index (κ1) is 21.9. The van der Waals surface area contributed by atoms with Crippen LogP contribution in [0.2, 0.25) is 0 Å². The molecule has 0 unspecified atom stereocenters. The average Bonchev–Trinajstić information content (AvgIpc) is 3.12. The van der Waals surface area contributed by atoms with Crippen LogP contribution in [0.4, 0.5) is 0 Å². The molecular formula is C20H28N4O3S. The molecule has 0 saturated heterocycles. The summed E-state index contributed by atoms with van der Waals surface area (Å²) in [5.41, 5.74) is 2.14. The largest absolute Gasteiger partial charge is 0.467 e. The minimum absolute atomic E-state index is 0.00615. The number of nitrogens with zero attached hydrogens (tertiary/aromatic N) is 3. The van der Waals surface area contributed by atoms with E-state index in [4.69, 9.17) is 4.74 Å². The average molecular weight is 405 g/mol. The van der Waals surface area contributed by atoms with Crippen molar-refractivity contribution in [2.45, 2.75) is 51.9 Å². The number of nitrogens with one attached hydrogen (secondary N) is 1. The van der Waals surface area contributed by atoms with Gasteiger partial charge in [0.2, 0.25) is 5.91 Å². The fourth-order valence-electron chi connectivity index (χ4n) is 2.84. The van der Waals surface area contributed by atoms with E-state index in [1.165, 1.54) is 18.9 Å². The van der Waals surface area contributed by atoms with Crippen LogP contribution in [0.3, 0.4) is 0 Å². The molecule has 1 N–H and O–H groups in total. The number of carbonyl (C=O) groups excluding carboxylic acids is 2. The van der Waals surface area contributed by atoms with E-state index < -0.39 is 12.0 Å². The predicted molar refractivity (Wildman–Crippen MR) is 110 cm³/mol. The van der Waals surface area contributed by atoms with Crippen molar-refractivity contribution in [1.29, 1.82) is 0 Å². The van der Waals surface area contributed by atoms with Crippen LogP contribution in [0.1, 0.15) is 32.8 Å². The van der Waals surface area contributed by atoms with E-state index in [0.717, 1.165) is 23.4 Å². The minimum atomic E-state index is -0.644. The van der Waals surface area contributed by atoms with Crippen molar-refractivity contribution in [1.82, 2.24) is 20.1 Å². The molecule has 1 aromatic heterocycles. The number of ether oxygens (including phenoxy) is 1. The maximum absolute atomic E-state index is 12.4. The van der Waals surface area contributed by atoms with Gasteiger partial charge in [0.1, 0.15) is 6.04 Å². The van der Waals surface area contributed by atoms with Crippen LogP contribution in [0.25, 0.3) is 11.4 Å². The lowest BCUT2D eigenvalue weighted by Crippen LogP contribution is -2.46. The maximum atomic E-state index is 12.4. The van der Waals surface area contributed by atoms with Crippen LogP contribution in [-0.2, 0) is 20.9 Å². The predicted octanol–water partition coefficient (Wildman–Crippen LogP) is 3.07. The SMILES string of the molecule is CC[C@@H](C)[C@@H](NC(=O)CSc1nnc(-c2ccccc2C)n1CC)C(=O)OC. The number of aromatic nitrogens is 3. The highest BCUT2D eigenvalue weighted by Crippen LogP contribution is 2.26. The van der Waals surface area contributed by atoms with E-state index in [9.17, 15) is 9.59 Å². The standard InChI is InChI=1S/C20H28N4O3S/c1-6-13(3)17(19(26)27-5)21-16(25)12-28-20-23-22-18(24(20)7-2)15-11-9-8-10-14(15)4/h8-11,13,17H,6-7,12H2,1-5H3,(H,21,25)/t13-,17-/m1/s1. The first-order valence-electron chi connectivity index (χ1n) is 9.42. The zero-order valence-electron chi connectivity index (χ0n) is 17.1. The summed E-state index contributed by atoms with van der Waals surface area (Å²) in [5.74, 6) is 0.273. The lowest BCUT2D eigenvalue weighted by Gasteiger charge is -2.21. The Morgan fingerprint density at radius 1 is 1.25 bits per heavy atom. The molecule has 28 heavy (non-hydrogen) atoms. The third kappa shape index (κ3) is 5.13. The summed E-state index contributed by atoms with van der Waals surface area (Å²) in [6.07, 6.45) is 0.761. The Bertz CT molecular complexity index is 822. The van der Waals surface area contributed by atoms with Gasteiger partial charge in [-0.25, -0.2) is 4.79 Å². The quantitative estimate of drug-likeness (QED) is 0.511. The molecule has 152 valence electrons. The van der Waals surface area contributed by atoms with Gasteiger partial charge in [-0.2, -0.15) is 0 Å². The Kier molecular flexibility index (Phi) is 8.04. The second kappa shape index (κ2) is 10.3. The maximum Gasteiger partial charge on any atom is 0.328 e. The van der Waals surface area contributed by atoms with Crippen molar-refractivity contribution in [2.75, 3.05) is 12.9 Å². The third-order valence-corrected chi connectivity index (χ3v) is 5.70. The van der Waals surface area contributed by atoms with Gasteiger partial charge in [-0.05, 0) is 25.3 Å². The minimum Gasteiger partial charge on any atom is -0.467 e. The number of amides is 1. The van der Waals surface area contributed by atoms with Crippen LogP contribution >= 0.6 is 11.8 Å². The molecule has 8 heteroatoms. The van der Waals surface area contributed by atoms with Crippen LogP contribution in [-0.4, -0.2) is 45.5 Å². The summed E-state index contributed by atoms with van der Waals surface area (Å²) in [6.45, 7) is 8.63. The fourth-order valence-corrected chi connectivity index (χ4v) is 3.66. The molecule has 1 aromatic carbocycles. The molecule has 0 bridgehead atoms. The van der Waals surface area contributed by atoms with E-state index in [2.05, 4.69) is 15.5 Å². The first-order valence-corrected chi connectivity index (χ1v) is 10.4. The number of aryl methyl sites for hydroxylation is 1. The Hall–Kier alpha value is -2.35. The molecule has 1 amide bonds. The van der Waals surface area contributed by atoms with Gasteiger partial charge in [-0.3, -0.25) is 4.79 Å². The summed E-state index contributed by atoms with van der Waals surface area (Å²) in [4.78, 5) is 24.3. The van der Waals surface area contributed by atoms with E-state index in [1.54, 1.807) is 0 Å². The van der Waals surface area contributed by atoms with Crippen LogP contribution < -0.4 is 5.32 Å². The first-order chi connectivity index (χ1) is 13.4. The zero-order valence-corrected chi connectivity index (χ0v) is 17.9. The summed E-state index contributed by atoms with van der Waals surface area (Å²) in [7, 11) is 1.33. The molecule has 2 atom stereocenters. The number of methoxy groups -OCH3 is 1.